The van der Waals surface area contributed by atoms with Gasteiger partial charge in [0.05, 0.1) is 19.8 Å². The van der Waals surface area contributed by atoms with Crippen LogP contribution in [0.4, 0.5) is 0 Å². The summed E-state index contributed by atoms with van der Waals surface area (Å²) in [5, 5.41) is 0. The summed E-state index contributed by atoms with van der Waals surface area (Å²) in [6.45, 7) is 5.39. The third-order valence-electron chi connectivity index (χ3n) is 5.50. The first-order valence-corrected chi connectivity index (χ1v) is 9.73. The number of nitrogens with zero attached hydrogens (tertiary/aromatic N) is 5. The molecule has 0 aliphatic carbocycles. The molecule has 0 spiro atoms. The van der Waals surface area contributed by atoms with Crippen LogP contribution in [0.15, 0.2) is 30.6 Å². The Bertz CT molecular complexity index is 784. The Balaban J connectivity index is 1.44. The van der Waals surface area contributed by atoms with Gasteiger partial charge in [0.15, 0.2) is 0 Å². The molecule has 2 aliphatic heterocycles. The molecule has 0 radical (unpaired) electrons. The lowest BCUT2D eigenvalue weighted by Crippen LogP contribution is -2.41. The highest BCUT2D eigenvalue weighted by molar-refractivity contribution is 5.92. The number of rotatable bonds is 4. The van der Waals surface area contributed by atoms with E-state index in [-0.39, 0.29) is 5.91 Å². The molecule has 144 valence electrons. The summed E-state index contributed by atoms with van der Waals surface area (Å²) in [7, 11) is 2.03. The van der Waals surface area contributed by atoms with E-state index in [2.05, 4.69) is 20.5 Å². The van der Waals surface area contributed by atoms with Crippen LogP contribution in [0.2, 0.25) is 0 Å². The van der Waals surface area contributed by atoms with E-state index in [4.69, 9.17) is 9.72 Å². The summed E-state index contributed by atoms with van der Waals surface area (Å²) in [6, 6.07) is 5.86. The number of ether oxygens (including phenoxy) is 1. The zero-order chi connectivity index (χ0) is 18.6. The van der Waals surface area contributed by atoms with Crippen LogP contribution in [0, 0.1) is 0 Å². The second-order valence-electron chi connectivity index (χ2n) is 7.38. The number of hydrogen-bond acceptors (Lipinski definition) is 5. The molecular formula is C20H27N5O2. The first-order valence-electron chi connectivity index (χ1n) is 9.73. The normalized spacial score (nSPS) is 21.4. The van der Waals surface area contributed by atoms with E-state index < -0.39 is 0 Å². The zero-order valence-corrected chi connectivity index (χ0v) is 15.9. The summed E-state index contributed by atoms with van der Waals surface area (Å²) in [5.74, 6) is 1.46. The van der Waals surface area contributed by atoms with Gasteiger partial charge in [-0.05, 0) is 31.5 Å². The fourth-order valence-electron chi connectivity index (χ4n) is 3.92. The molecule has 2 aliphatic rings. The molecule has 4 rings (SSSR count). The van der Waals surface area contributed by atoms with Crippen molar-refractivity contribution in [2.24, 2.45) is 7.05 Å². The molecule has 7 nitrogen and oxygen atoms in total. The van der Waals surface area contributed by atoms with Gasteiger partial charge in [0.2, 0.25) is 0 Å². The lowest BCUT2D eigenvalue weighted by atomic mass is 9.94. The van der Waals surface area contributed by atoms with Gasteiger partial charge in [0.1, 0.15) is 11.5 Å². The van der Waals surface area contributed by atoms with E-state index in [1.54, 1.807) is 0 Å². The number of carbonyl (C=O) groups excluding carboxylic acids is 1. The molecule has 1 atom stereocenters. The summed E-state index contributed by atoms with van der Waals surface area (Å²) in [5.41, 5.74) is 1.58. The third-order valence-corrected chi connectivity index (χ3v) is 5.50. The van der Waals surface area contributed by atoms with Gasteiger partial charge in [0, 0.05) is 50.7 Å². The van der Waals surface area contributed by atoms with Crippen LogP contribution in [-0.4, -0.2) is 69.6 Å². The second kappa shape index (κ2) is 8.19. The highest BCUT2D eigenvalue weighted by Gasteiger charge is 2.25. The Labute approximate surface area is 160 Å². The number of carbonyl (C=O) groups is 1. The Hall–Kier alpha value is -2.25. The van der Waals surface area contributed by atoms with Crippen molar-refractivity contribution in [2.75, 3.05) is 39.4 Å². The fraction of sp³-hybridized carbons (Fsp3) is 0.550. The monoisotopic (exact) mass is 369 g/mol. The first kappa shape index (κ1) is 18.1. The number of piperidine rings is 1. The van der Waals surface area contributed by atoms with Gasteiger partial charge < -0.3 is 14.2 Å². The van der Waals surface area contributed by atoms with Crippen molar-refractivity contribution < 1.29 is 9.53 Å². The maximum absolute atomic E-state index is 12.7. The maximum Gasteiger partial charge on any atom is 0.272 e. The van der Waals surface area contributed by atoms with Gasteiger partial charge in [-0.3, -0.25) is 9.69 Å². The number of aryl methyl sites for hydroxylation is 1. The van der Waals surface area contributed by atoms with Crippen LogP contribution in [0.25, 0.3) is 0 Å². The summed E-state index contributed by atoms with van der Waals surface area (Å²) >= 11 is 0. The fourth-order valence-corrected chi connectivity index (χ4v) is 3.92. The van der Waals surface area contributed by atoms with E-state index in [1.807, 2.05) is 36.5 Å². The van der Waals surface area contributed by atoms with Crippen LogP contribution in [0.3, 0.4) is 0 Å². The van der Waals surface area contributed by atoms with E-state index in [0.29, 0.717) is 37.9 Å². The van der Waals surface area contributed by atoms with Crippen LogP contribution < -0.4 is 0 Å². The Kier molecular flexibility index (Phi) is 5.50. The molecule has 7 heteroatoms. The zero-order valence-electron chi connectivity index (χ0n) is 15.9. The number of morpholine rings is 1. The van der Waals surface area contributed by atoms with Gasteiger partial charge in [0.25, 0.3) is 5.91 Å². The molecule has 0 N–H and O–H groups in total. The number of pyridine rings is 1. The summed E-state index contributed by atoms with van der Waals surface area (Å²) < 4.78 is 7.41. The molecule has 0 unspecified atom stereocenters. The summed E-state index contributed by atoms with van der Waals surface area (Å²) in [6.07, 6.45) is 6.08. The highest BCUT2D eigenvalue weighted by Crippen LogP contribution is 2.26. The molecule has 0 saturated carbocycles. The van der Waals surface area contributed by atoms with Crippen molar-refractivity contribution in [2.45, 2.75) is 25.3 Å². The van der Waals surface area contributed by atoms with Crippen molar-refractivity contribution in [3.8, 4) is 0 Å². The number of aromatic nitrogens is 3. The lowest BCUT2D eigenvalue weighted by Gasteiger charge is -2.32. The van der Waals surface area contributed by atoms with Crippen molar-refractivity contribution in [1.82, 2.24) is 24.3 Å². The predicted octanol–water partition coefficient (Wildman–Crippen LogP) is 1.67. The highest BCUT2D eigenvalue weighted by atomic mass is 16.5. The molecule has 4 heterocycles. The van der Waals surface area contributed by atoms with Crippen molar-refractivity contribution in [1.29, 1.82) is 0 Å². The minimum absolute atomic E-state index is 0.0147. The van der Waals surface area contributed by atoms with Crippen molar-refractivity contribution in [3.63, 3.8) is 0 Å². The Morgan fingerprint density at radius 3 is 2.89 bits per heavy atom. The number of imidazole rings is 1. The topological polar surface area (TPSA) is 63.5 Å². The van der Waals surface area contributed by atoms with Crippen molar-refractivity contribution >= 4 is 5.91 Å². The van der Waals surface area contributed by atoms with Gasteiger partial charge >= 0.3 is 0 Å². The molecule has 2 saturated heterocycles. The van der Waals surface area contributed by atoms with Crippen molar-refractivity contribution in [3.05, 3.63) is 47.8 Å². The molecule has 2 aromatic rings. The minimum Gasteiger partial charge on any atom is -0.378 e. The van der Waals surface area contributed by atoms with Gasteiger partial charge in [-0.15, -0.1) is 0 Å². The molecule has 0 bridgehead atoms. The van der Waals surface area contributed by atoms with E-state index >= 15 is 0 Å². The Morgan fingerprint density at radius 1 is 1.26 bits per heavy atom. The maximum atomic E-state index is 12.7. The first-order chi connectivity index (χ1) is 13.2. The van der Waals surface area contributed by atoms with E-state index in [0.717, 1.165) is 44.0 Å². The smallest absolute Gasteiger partial charge is 0.272 e. The average molecular weight is 369 g/mol. The average Bonchev–Trinajstić information content (AvgIpc) is 3.13. The van der Waals surface area contributed by atoms with Gasteiger partial charge in [-0.2, -0.15) is 0 Å². The lowest BCUT2D eigenvalue weighted by molar-refractivity contribution is 0.0298. The molecule has 2 fully saturated rings. The van der Waals surface area contributed by atoms with Crippen LogP contribution >= 0.6 is 0 Å². The number of amides is 1. The molecule has 0 aromatic carbocycles. The van der Waals surface area contributed by atoms with Gasteiger partial charge in [-0.1, -0.05) is 6.07 Å². The second-order valence-corrected chi connectivity index (χ2v) is 7.38. The largest absolute Gasteiger partial charge is 0.378 e. The molecule has 27 heavy (non-hydrogen) atoms. The number of hydrogen-bond donors (Lipinski definition) is 0. The number of likely N-dealkylation sites (tertiary alicyclic amines) is 1. The SMILES string of the molecule is Cn1ccnc1CN1CCC[C@H](c2cccc(C(=O)N3CCOCC3)n2)C1. The summed E-state index contributed by atoms with van der Waals surface area (Å²) in [4.78, 5) is 26.2. The van der Waals surface area contributed by atoms with E-state index in [1.165, 1.54) is 0 Å². The third kappa shape index (κ3) is 4.20. The van der Waals surface area contributed by atoms with Crippen LogP contribution in [0.1, 0.15) is 40.8 Å². The quantitative estimate of drug-likeness (QED) is 0.820. The Morgan fingerprint density at radius 2 is 2.11 bits per heavy atom. The standard InChI is InChI=1S/C20H27N5O2/c1-23-9-7-21-19(23)15-24-8-3-4-16(14-24)17-5-2-6-18(22-17)20(26)25-10-12-27-13-11-25/h2,5-7,9,16H,3-4,8,10-15H2,1H3/t16-/m0/s1. The van der Waals surface area contributed by atoms with Crippen LogP contribution in [-0.2, 0) is 18.3 Å². The minimum atomic E-state index is 0.0147. The van der Waals surface area contributed by atoms with Crippen LogP contribution in [0.5, 0.6) is 0 Å². The predicted molar refractivity (Wildman–Crippen MR) is 101 cm³/mol. The molecule has 2 aromatic heterocycles. The molecule has 1 amide bonds. The van der Waals surface area contributed by atoms with Gasteiger partial charge in [-0.25, -0.2) is 9.97 Å². The molecular weight excluding hydrogens is 342 g/mol. The van der Waals surface area contributed by atoms with E-state index in [9.17, 15) is 4.79 Å².